The number of methoxy groups -OCH3 is 3. The quantitative estimate of drug-likeness (QED) is 0.617. The van der Waals surface area contributed by atoms with Crippen molar-refractivity contribution in [3.8, 4) is 17.2 Å². The molecule has 0 heterocycles. The number of hydrogen-bond acceptors (Lipinski definition) is 5. The second-order valence-corrected chi connectivity index (χ2v) is 5.11. The van der Waals surface area contributed by atoms with E-state index in [0.717, 1.165) is 17.1 Å². The molecule has 0 saturated carbocycles. The Bertz CT molecular complexity index is 736. The normalized spacial score (nSPS) is 10.9. The summed E-state index contributed by atoms with van der Waals surface area (Å²) >= 11 is 0. The summed E-state index contributed by atoms with van der Waals surface area (Å²) in [6.45, 7) is 1.83. The van der Waals surface area contributed by atoms with E-state index >= 15 is 0 Å². The van der Waals surface area contributed by atoms with E-state index in [1.54, 1.807) is 32.4 Å². The number of anilines is 1. The highest BCUT2D eigenvalue weighted by molar-refractivity contribution is 6.07. The van der Waals surface area contributed by atoms with Crippen LogP contribution in [0.25, 0.3) is 0 Å². The third-order valence-corrected chi connectivity index (χ3v) is 3.45. The lowest BCUT2D eigenvalue weighted by atomic mass is 10.1. The molecule has 0 unspecified atom stereocenters. The smallest absolute Gasteiger partial charge is 0.191 e. The van der Waals surface area contributed by atoms with E-state index in [2.05, 4.69) is 5.32 Å². The zero-order valence-electron chi connectivity index (χ0n) is 14.3. The molecular formula is C19H21NO4. The van der Waals surface area contributed by atoms with Gasteiger partial charge in [0.2, 0.25) is 0 Å². The first kappa shape index (κ1) is 17.4. The molecule has 5 heteroatoms. The average Bonchev–Trinajstić information content (AvgIpc) is 2.61. The van der Waals surface area contributed by atoms with Gasteiger partial charge >= 0.3 is 0 Å². The van der Waals surface area contributed by atoms with Crippen molar-refractivity contribution in [1.82, 2.24) is 0 Å². The summed E-state index contributed by atoms with van der Waals surface area (Å²) in [6, 6.07) is 12.6. The number of allylic oxidation sites excluding steroid dienone is 2. The van der Waals surface area contributed by atoms with Crippen molar-refractivity contribution in [2.45, 2.75) is 6.92 Å². The summed E-state index contributed by atoms with van der Waals surface area (Å²) < 4.78 is 15.5. The van der Waals surface area contributed by atoms with Gasteiger partial charge in [0.1, 0.15) is 17.2 Å². The maximum atomic E-state index is 12.5. The van der Waals surface area contributed by atoms with Crippen molar-refractivity contribution in [2.75, 3.05) is 26.6 Å². The van der Waals surface area contributed by atoms with Crippen molar-refractivity contribution >= 4 is 11.5 Å². The molecule has 5 nitrogen and oxygen atoms in total. The Kier molecular flexibility index (Phi) is 5.84. The second kappa shape index (κ2) is 8.06. The average molecular weight is 327 g/mol. The lowest BCUT2D eigenvalue weighted by Gasteiger charge is -2.10. The Morgan fingerprint density at radius 1 is 0.917 bits per heavy atom. The predicted molar refractivity (Wildman–Crippen MR) is 94.3 cm³/mol. The molecule has 0 aliphatic rings. The number of benzene rings is 2. The Labute approximate surface area is 141 Å². The van der Waals surface area contributed by atoms with Crippen LogP contribution in [0.15, 0.2) is 54.2 Å². The highest BCUT2D eigenvalue weighted by Gasteiger charge is 2.12. The van der Waals surface area contributed by atoms with E-state index in [0.29, 0.717) is 17.1 Å². The number of carbonyl (C=O) groups is 1. The molecule has 0 aliphatic heterocycles. The standard InChI is InChI=1S/C19H21NO4/c1-13(20-14-5-7-15(22-2)8-6-14)11-18(21)17-12-16(23-3)9-10-19(17)24-4/h5-12,20H,1-4H3. The highest BCUT2D eigenvalue weighted by Crippen LogP contribution is 2.25. The minimum absolute atomic E-state index is 0.163. The molecule has 2 rings (SSSR count). The molecule has 0 fully saturated rings. The van der Waals surface area contributed by atoms with Crippen molar-refractivity contribution < 1.29 is 19.0 Å². The van der Waals surface area contributed by atoms with E-state index < -0.39 is 0 Å². The zero-order valence-corrected chi connectivity index (χ0v) is 14.3. The number of ketones is 1. The highest BCUT2D eigenvalue weighted by atomic mass is 16.5. The molecule has 0 saturated heterocycles. The van der Waals surface area contributed by atoms with Crippen molar-refractivity contribution in [3.05, 3.63) is 59.8 Å². The molecular weight excluding hydrogens is 306 g/mol. The summed E-state index contributed by atoms with van der Waals surface area (Å²) in [5.41, 5.74) is 2.04. The molecule has 126 valence electrons. The minimum atomic E-state index is -0.163. The fourth-order valence-corrected chi connectivity index (χ4v) is 2.22. The van der Waals surface area contributed by atoms with E-state index in [1.165, 1.54) is 13.2 Å². The van der Waals surface area contributed by atoms with Gasteiger partial charge in [-0.3, -0.25) is 4.79 Å². The fourth-order valence-electron chi connectivity index (χ4n) is 2.22. The van der Waals surface area contributed by atoms with Crippen LogP contribution < -0.4 is 19.5 Å². The van der Waals surface area contributed by atoms with Gasteiger partial charge < -0.3 is 19.5 Å². The molecule has 1 N–H and O–H groups in total. The van der Waals surface area contributed by atoms with Crippen molar-refractivity contribution in [2.24, 2.45) is 0 Å². The molecule has 0 spiro atoms. The van der Waals surface area contributed by atoms with Crippen LogP contribution in [0.2, 0.25) is 0 Å². The molecule has 2 aromatic carbocycles. The van der Waals surface area contributed by atoms with Gasteiger partial charge in [-0.1, -0.05) is 0 Å². The van der Waals surface area contributed by atoms with Gasteiger partial charge in [-0.25, -0.2) is 0 Å². The summed E-state index contributed by atoms with van der Waals surface area (Å²) in [7, 11) is 4.71. The summed E-state index contributed by atoms with van der Waals surface area (Å²) in [4.78, 5) is 12.5. The number of carbonyl (C=O) groups excluding carboxylic acids is 1. The van der Waals surface area contributed by atoms with Crippen LogP contribution in [0, 0.1) is 0 Å². The summed E-state index contributed by atoms with van der Waals surface area (Å²) in [6.07, 6.45) is 1.53. The first-order valence-corrected chi connectivity index (χ1v) is 7.43. The van der Waals surface area contributed by atoms with Crippen molar-refractivity contribution in [1.29, 1.82) is 0 Å². The Morgan fingerprint density at radius 2 is 1.54 bits per heavy atom. The molecule has 0 bridgehead atoms. The van der Waals surface area contributed by atoms with Gasteiger partial charge in [-0.05, 0) is 49.4 Å². The fraction of sp³-hybridized carbons (Fsp3) is 0.211. The summed E-state index contributed by atoms with van der Waals surface area (Å²) in [5, 5.41) is 3.17. The van der Waals surface area contributed by atoms with Crippen LogP contribution in [-0.4, -0.2) is 27.1 Å². The van der Waals surface area contributed by atoms with Crippen LogP contribution in [-0.2, 0) is 0 Å². The van der Waals surface area contributed by atoms with E-state index in [4.69, 9.17) is 14.2 Å². The Morgan fingerprint density at radius 3 is 2.12 bits per heavy atom. The number of hydrogen-bond donors (Lipinski definition) is 1. The molecule has 0 amide bonds. The first-order chi connectivity index (χ1) is 11.6. The van der Waals surface area contributed by atoms with Crippen LogP contribution >= 0.6 is 0 Å². The van der Waals surface area contributed by atoms with Gasteiger partial charge in [-0.15, -0.1) is 0 Å². The van der Waals surface area contributed by atoms with E-state index in [-0.39, 0.29) is 5.78 Å². The topological polar surface area (TPSA) is 56.8 Å². The molecule has 0 radical (unpaired) electrons. The number of ether oxygens (including phenoxy) is 3. The maximum Gasteiger partial charge on any atom is 0.191 e. The van der Waals surface area contributed by atoms with Crippen LogP contribution in [0.1, 0.15) is 17.3 Å². The van der Waals surface area contributed by atoms with Crippen LogP contribution in [0.3, 0.4) is 0 Å². The van der Waals surface area contributed by atoms with Crippen LogP contribution in [0.4, 0.5) is 5.69 Å². The Balaban J connectivity index is 2.18. The van der Waals surface area contributed by atoms with Gasteiger partial charge in [-0.2, -0.15) is 0 Å². The summed E-state index contributed by atoms with van der Waals surface area (Å²) in [5.74, 6) is 1.73. The SMILES string of the molecule is COc1ccc(NC(C)=CC(=O)c2cc(OC)ccc2OC)cc1. The maximum absolute atomic E-state index is 12.5. The molecule has 0 aromatic heterocycles. The molecule has 0 aliphatic carbocycles. The second-order valence-electron chi connectivity index (χ2n) is 5.11. The van der Waals surface area contributed by atoms with Crippen LogP contribution in [0.5, 0.6) is 17.2 Å². The van der Waals surface area contributed by atoms with E-state index in [1.807, 2.05) is 31.2 Å². The number of nitrogens with one attached hydrogen (secondary N) is 1. The number of rotatable bonds is 7. The minimum Gasteiger partial charge on any atom is -0.497 e. The lowest BCUT2D eigenvalue weighted by molar-refractivity contribution is 0.104. The van der Waals surface area contributed by atoms with Gasteiger partial charge in [0.25, 0.3) is 0 Å². The first-order valence-electron chi connectivity index (χ1n) is 7.43. The zero-order chi connectivity index (χ0) is 17.5. The molecule has 2 aromatic rings. The largest absolute Gasteiger partial charge is 0.497 e. The monoisotopic (exact) mass is 327 g/mol. The van der Waals surface area contributed by atoms with Gasteiger partial charge in [0.05, 0.1) is 26.9 Å². The molecule has 24 heavy (non-hydrogen) atoms. The lowest BCUT2D eigenvalue weighted by Crippen LogP contribution is -2.04. The third-order valence-electron chi connectivity index (χ3n) is 3.45. The van der Waals surface area contributed by atoms with Gasteiger partial charge in [0.15, 0.2) is 5.78 Å². The van der Waals surface area contributed by atoms with Gasteiger partial charge in [0, 0.05) is 17.5 Å². The van der Waals surface area contributed by atoms with Crippen molar-refractivity contribution in [3.63, 3.8) is 0 Å². The third kappa shape index (κ3) is 4.29. The van der Waals surface area contributed by atoms with E-state index in [9.17, 15) is 4.79 Å². The predicted octanol–water partition coefficient (Wildman–Crippen LogP) is 3.91. The Hall–Kier alpha value is -2.95. The molecule has 0 atom stereocenters.